The maximum Gasteiger partial charge on any atom is 0.419 e. The quantitative estimate of drug-likeness (QED) is 0.408. The molecule has 1 saturated heterocycles. The number of esters is 1. The molecule has 0 aliphatic carbocycles. The predicted octanol–water partition coefficient (Wildman–Crippen LogP) is 5.14. The fourth-order valence-corrected chi connectivity index (χ4v) is 4.54. The van der Waals surface area contributed by atoms with Crippen LogP contribution in [0.3, 0.4) is 0 Å². The largest absolute Gasteiger partial charge is 0.465 e. The fraction of sp³-hybridized carbons (Fsp3) is 0.409. The molecule has 176 valence electrons. The number of carbonyl (C=O) groups excluding carboxylic acids is 1. The minimum absolute atomic E-state index is 0.00217. The van der Waals surface area contributed by atoms with E-state index in [9.17, 15) is 18.0 Å². The lowest BCUT2D eigenvalue weighted by Crippen LogP contribution is -2.50. The average Bonchev–Trinajstić information content (AvgIpc) is 3.19. The van der Waals surface area contributed by atoms with Crippen LogP contribution >= 0.6 is 15.9 Å². The van der Waals surface area contributed by atoms with Crippen LogP contribution in [0.1, 0.15) is 42.6 Å². The van der Waals surface area contributed by atoms with E-state index in [0.29, 0.717) is 21.9 Å². The van der Waals surface area contributed by atoms with Gasteiger partial charge in [-0.1, -0.05) is 6.07 Å². The molecule has 1 aliphatic heterocycles. The van der Waals surface area contributed by atoms with Gasteiger partial charge < -0.3 is 20.4 Å². The molecule has 1 aromatic carbocycles. The monoisotopic (exact) mass is 525 g/mol. The number of rotatable bonds is 4. The summed E-state index contributed by atoms with van der Waals surface area (Å²) in [6, 6.07) is 3.07. The van der Waals surface area contributed by atoms with Crippen molar-refractivity contribution < 1.29 is 22.7 Å². The third kappa shape index (κ3) is 4.70. The van der Waals surface area contributed by atoms with Gasteiger partial charge in [0, 0.05) is 41.5 Å². The minimum atomic E-state index is -4.64. The molecule has 33 heavy (non-hydrogen) atoms. The number of hydrogen-bond acceptors (Lipinski definition) is 6. The number of nitrogens with zero attached hydrogens (tertiary/aromatic N) is 2. The predicted molar refractivity (Wildman–Crippen MR) is 122 cm³/mol. The van der Waals surface area contributed by atoms with E-state index in [2.05, 4.69) is 55.4 Å². The number of fused-ring (bicyclic) bond motifs is 1. The van der Waals surface area contributed by atoms with Crippen LogP contribution in [0.5, 0.6) is 0 Å². The van der Waals surface area contributed by atoms with Gasteiger partial charge in [-0.2, -0.15) is 13.2 Å². The van der Waals surface area contributed by atoms with Gasteiger partial charge in [-0.05, 0) is 48.7 Å². The van der Waals surface area contributed by atoms with Crippen molar-refractivity contribution in [1.82, 2.24) is 20.3 Å². The van der Waals surface area contributed by atoms with Gasteiger partial charge in [-0.25, -0.2) is 14.8 Å². The van der Waals surface area contributed by atoms with Crippen molar-refractivity contribution in [3.63, 3.8) is 0 Å². The van der Waals surface area contributed by atoms with Crippen molar-refractivity contribution in [3.05, 3.63) is 40.1 Å². The molecule has 3 N–H and O–H groups in total. The highest BCUT2D eigenvalue weighted by Crippen LogP contribution is 2.40. The molecule has 0 amide bonds. The highest BCUT2D eigenvalue weighted by Gasteiger charge is 2.36. The number of halogens is 4. The van der Waals surface area contributed by atoms with Crippen molar-refractivity contribution in [2.24, 2.45) is 0 Å². The van der Waals surface area contributed by atoms with Crippen LogP contribution in [0.4, 0.5) is 19.1 Å². The van der Waals surface area contributed by atoms with Crippen molar-refractivity contribution in [2.75, 3.05) is 19.0 Å². The van der Waals surface area contributed by atoms with Gasteiger partial charge in [0.25, 0.3) is 0 Å². The third-order valence-corrected chi connectivity index (χ3v) is 6.65. The summed E-state index contributed by atoms with van der Waals surface area (Å²) in [6.07, 6.45) is -0.631. The zero-order chi connectivity index (χ0) is 24.0. The Morgan fingerprint density at radius 2 is 2.09 bits per heavy atom. The number of aromatic amines is 1. The number of hydrogen-bond donors (Lipinski definition) is 3. The van der Waals surface area contributed by atoms with Gasteiger partial charge in [0.05, 0.1) is 28.4 Å². The minimum Gasteiger partial charge on any atom is -0.465 e. The number of methoxy groups -OCH3 is 1. The summed E-state index contributed by atoms with van der Waals surface area (Å²) in [5, 5.41) is 7.05. The molecule has 11 heteroatoms. The van der Waals surface area contributed by atoms with Gasteiger partial charge >= 0.3 is 12.1 Å². The van der Waals surface area contributed by atoms with Gasteiger partial charge in [-0.3, -0.25) is 0 Å². The molecule has 0 bridgehead atoms. The molecule has 2 aromatic heterocycles. The Balaban J connectivity index is 1.76. The first-order chi connectivity index (χ1) is 15.5. The number of alkyl halides is 3. The molecule has 7 nitrogen and oxygen atoms in total. The summed E-state index contributed by atoms with van der Waals surface area (Å²) in [5.41, 5.74) is -0.189. The number of H-pyrrole nitrogens is 1. The zero-order valence-electron chi connectivity index (χ0n) is 18.2. The standard InChI is InChI=1S/C22H23BrF3N5O2/c1-21(2)7-6-11(8-29-21)30-20-28-10-15(22(24,25)26)17(31-20)14-9-27-18-12(14)4-5-13(16(18)23)19(32)33-3/h4-5,9-11,27,29H,6-8H2,1-3H3,(H,28,30,31)/t11-/m0/s1. The molecule has 4 rings (SSSR count). The molecule has 0 radical (unpaired) electrons. The lowest BCUT2D eigenvalue weighted by Gasteiger charge is -2.36. The van der Waals surface area contributed by atoms with Gasteiger partial charge in [0.2, 0.25) is 5.95 Å². The van der Waals surface area contributed by atoms with Crippen LogP contribution < -0.4 is 10.6 Å². The summed E-state index contributed by atoms with van der Waals surface area (Å²) >= 11 is 3.35. The Bertz CT molecular complexity index is 1200. The number of ether oxygens (including phenoxy) is 1. The summed E-state index contributed by atoms with van der Waals surface area (Å²) in [7, 11) is 1.26. The summed E-state index contributed by atoms with van der Waals surface area (Å²) in [4.78, 5) is 23.1. The van der Waals surface area contributed by atoms with E-state index in [4.69, 9.17) is 4.74 Å². The van der Waals surface area contributed by atoms with Crippen LogP contribution in [0.15, 0.2) is 29.0 Å². The molecular weight excluding hydrogens is 503 g/mol. The Hall–Kier alpha value is -2.66. The molecule has 1 atom stereocenters. The number of anilines is 1. The first-order valence-corrected chi connectivity index (χ1v) is 11.1. The SMILES string of the molecule is COC(=O)c1ccc2c(-c3nc(N[C@H]4CCC(C)(C)NC4)ncc3C(F)(F)F)c[nH]c2c1Br. The highest BCUT2D eigenvalue weighted by atomic mass is 79.9. The molecule has 1 aliphatic rings. The Morgan fingerprint density at radius 3 is 2.73 bits per heavy atom. The van der Waals surface area contributed by atoms with E-state index >= 15 is 0 Å². The maximum absolute atomic E-state index is 13.8. The average molecular weight is 526 g/mol. The lowest BCUT2D eigenvalue weighted by molar-refractivity contribution is -0.137. The Kier molecular flexibility index (Phi) is 6.12. The first kappa shape index (κ1) is 23.5. The number of aromatic nitrogens is 3. The summed E-state index contributed by atoms with van der Waals surface area (Å²) < 4.78 is 46.6. The topological polar surface area (TPSA) is 91.9 Å². The van der Waals surface area contributed by atoms with Crippen LogP contribution in [0.2, 0.25) is 0 Å². The van der Waals surface area contributed by atoms with Crippen molar-refractivity contribution >= 4 is 38.8 Å². The third-order valence-electron chi connectivity index (χ3n) is 5.83. The number of benzene rings is 1. The second-order valence-corrected chi connectivity index (χ2v) is 9.43. The second-order valence-electron chi connectivity index (χ2n) is 8.64. The lowest BCUT2D eigenvalue weighted by atomic mass is 9.91. The summed E-state index contributed by atoms with van der Waals surface area (Å²) in [5.74, 6) is -0.433. The normalized spacial score (nSPS) is 18.3. The van der Waals surface area contributed by atoms with Crippen LogP contribution in [-0.4, -0.2) is 46.2 Å². The van der Waals surface area contributed by atoms with Gasteiger partial charge in [0.15, 0.2) is 0 Å². The Labute approximate surface area is 196 Å². The van der Waals surface area contributed by atoms with Crippen molar-refractivity contribution in [1.29, 1.82) is 0 Å². The Morgan fingerprint density at radius 1 is 1.33 bits per heavy atom. The molecule has 1 fully saturated rings. The highest BCUT2D eigenvalue weighted by molar-refractivity contribution is 9.10. The van der Waals surface area contributed by atoms with Crippen LogP contribution in [0.25, 0.3) is 22.2 Å². The van der Waals surface area contributed by atoms with E-state index < -0.39 is 17.7 Å². The fourth-order valence-electron chi connectivity index (χ4n) is 3.92. The van der Waals surface area contributed by atoms with Crippen LogP contribution in [0, 0.1) is 0 Å². The van der Waals surface area contributed by atoms with Gasteiger partial charge in [-0.15, -0.1) is 0 Å². The van der Waals surface area contributed by atoms with Gasteiger partial charge in [0.1, 0.15) is 5.56 Å². The molecule has 3 aromatic rings. The van der Waals surface area contributed by atoms with Crippen LogP contribution in [-0.2, 0) is 10.9 Å². The molecular formula is C22H23BrF3N5O2. The van der Waals surface area contributed by atoms with E-state index in [1.54, 1.807) is 6.07 Å². The number of piperidine rings is 1. The summed E-state index contributed by atoms with van der Waals surface area (Å²) in [6.45, 7) is 4.87. The molecule has 0 unspecified atom stereocenters. The van der Waals surface area contributed by atoms with E-state index in [-0.39, 0.29) is 34.3 Å². The zero-order valence-corrected chi connectivity index (χ0v) is 19.8. The van der Waals surface area contributed by atoms with E-state index in [1.807, 2.05) is 0 Å². The number of carbonyl (C=O) groups is 1. The number of nitrogens with one attached hydrogen (secondary N) is 3. The van der Waals surface area contributed by atoms with Crippen molar-refractivity contribution in [2.45, 2.75) is 44.4 Å². The maximum atomic E-state index is 13.8. The first-order valence-electron chi connectivity index (χ1n) is 10.3. The van der Waals surface area contributed by atoms with E-state index in [1.165, 1.54) is 19.4 Å². The molecule has 0 spiro atoms. The second kappa shape index (κ2) is 8.60. The van der Waals surface area contributed by atoms with E-state index in [0.717, 1.165) is 19.0 Å². The molecule has 3 heterocycles. The smallest absolute Gasteiger partial charge is 0.419 e. The van der Waals surface area contributed by atoms with Crippen molar-refractivity contribution in [3.8, 4) is 11.3 Å². The molecule has 0 saturated carbocycles.